The molecule has 0 aliphatic rings. The third-order valence-electron chi connectivity index (χ3n) is 2.67. The zero-order chi connectivity index (χ0) is 14.6. The van der Waals surface area contributed by atoms with Crippen LogP contribution >= 0.6 is 15.9 Å². The second-order valence-electron chi connectivity index (χ2n) is 5.38. The van der Waals surface area contributed by atoms with Crippen LogP contribution in [0.5, 0.6) is 0 Å². The molecule has 106 valence electrons. The second-order valence-corrected chi connectivity index (χ2v) is 6.23. The molecule has 0 aliphatic carbocycles. The Balaban J connectivity index is 2.68. The Morgan fingerprint density at radius 2 is 2.16 bits per heavy atom. The van der Waals surface area contributed by atoms with Crippen LogP contribution in [0.3, 0.4) is 0 Å². The number of carbonyl (C=O) groups excluding carboxylic acids is 1. The lowest BCUT2D eigenvalue weighted by Gasteiger charge is -2.25. The molecule has 1 amide bonds. The molecule has 19 heavy (non-hydrogen) atoms. The maximum atomic E-state index is 13.7. The first kappa shape index (κ1) is 16.1. The fourth-order valence-corrected chi connectivity index (χ4v) is 2.36. The van der Waals surface area contributed by atoms with Gasteiger partial charge in [0.1, 0.15) is 5.82 Å². The number of benzene rings is 1. The fourth-order valence-electron chi connectivity index (χ4n) is 2.00. The van der Waals surface area contributed by atoms with Gasteiger partial charge in [-0.05, 0) is 47.3 Å². The summed E-state index contributed by atoms with van der Waals surface area (Å²) < 4.78 is 14.0. The topological polar surface area (TPSA) is 49.3 Å². The lowest BCUT2D eigenvalue weighted by Crippen LogP contribution is -2.41. The molecule has 5 heteroatoms. The van der Waals surface area contributed by atoms with Crippen molar-refractivity contribution in [3.63, 3.8) is 0 Å². The molecule has 0 aliphatic heterocycles. The molecule has 0 saturated carbocycles. The monoisotopic (exact) mass is 331 g/mol. The first-order valence-corrected chi connectivity index (χ1v) is 6.97. The van der Waals surface area contributed by atoms with Gasteiger partial charge in [-0.2, -0.15) is 0 Å². The van der Waals surface area contributed by atoms with Crippen LogP contribution in [0.2, 0.25) is 0 Å². The number of nitrogens with one attached hydrogen (secondary N) is 1. The van der Waals surface area contributed by atoms with Crippen molar-refractivity contribution < 1.29 is 14.3 Å². The van der Waals surface area contributed by atoms with Gasteiger partial charge in [0.15, 0.2) is 0 Å². The highest BCUT2D eigenvalue weighted by Gasteiger charge is 2.23. The van der Waals surface area contributed by atoms with Gasteiger partial charge < -0.3 is 10.4 Å². The molecule has 0 aromatic heterocycles. The molecule has 1 aromatic rings. The summed E-state index contributed by atoms with van der Waals surface area (Å²) in [5.41, 5.74) is -1.03. The highest BCUT2D eigenvalue weighted by Crippen LogP contribution is 2.19. The van der Waals surface area contributed by atoms with Gasteiger partial charge in [0.05, 0.1) is 15.6 Å². The zero-order valence-corrected chi connectivity index (χ0v) is 12.9. The average Bonchev–Trinajstić information content (AvgIpc) is 2.28. The van der Waals surface area contributed by atoms with Gasteiger partial charge in [0.25, 0.3) is 5.91 Å². The van der Waals surface area contributed by atoms with Gasteiger partial charge >= 0.3 is 0 Å². The van der Waals surface area contributed by atoms with E-state index in [4.69, 9.17) is 0 Å². The quantitative estimate of drug-likeness (QED) is 0.870. The van der Waals surface area contributed by atoms with E-state index in [1.54, 1.807) is 13.0 Å². The minimum absolute atomic E-state index is 0.0327. The summed E-state index contributed by atoms with van der Waals surface area (Å²) >= 11 is 3.03. The molecule has 0 radical (unpaired) electrons. The van der Waals surface area contributed by atoms with E-state index in [2.05, 4.69) is 21.2 Å². The summed E-state index contributed by atoms with van der Waals surface area (Å²) in [6, 6.07) is 4.53. The molecule has 1 aromatic carbocycles. The van der Waals surface area contributed by atoms with E-state index in [0.29, 0.717) is 12.3 Å². The van der Waals surface area contributed by atoms with Gasteiger partial charge in [-0.15, -0.1) is 0 Å². The molecule has 0 saturated heterocycles. The van der Waals surface area contributed by atoms with Crippen LogP contribution in [0.25, 0.3) is 0 Å². The highest BCUT2D eigenvalue weighted by atomic mass is 79.9. The Bertz CT molecular complexity index is 461. The first-order chi connectivity index (χ1) is 8.73. The Hall–Kier alpha value is -0.940. The van der Waals surface area contributed by atoms with Crippen molar-refractivity contribution in [2.24, 2.45) is 5.92 Å². The molecular weight excluding hydrogens is 313 g/mol. The molecule has 3 nitrogen and oxygen atoms in total. The summed E-state index contributed by atoms with van der Waals surface area (Å²) in [5, 5.41) is 12.6. The molecule has 0 fully saturated rings. The van der Waals surface area contributed by atoms with Crippen molar-refractivity contribution in [3.8, 4) is 0 Å². The van der Waals surface area contributed by atoms with E-state index in [1.807, 2.05) is 13.8 Å². The van der Waals surface area contributed by atoms with E-state index in [9.17, 15) is 14.3 Å². The number of rotatable bonds is 5. The number of carbonyl (C=O) groups is 1. The first-order valence-electron chi connectivity index (χ1n) is 6.17. The molecule has 2 N–H and O–H groups in total. The van der Waals surface area contributed by atoms with Crippen LogP contribution in [0, 0.1) is 11.7 Å². The third kappa shape index (κ3) is 4.91. The second kappa shape index (κ2) is 6.48. The van der Waals surface area contributed by atoms with Crippen LogP contribution in [-0.4, -0.2) is 23.2 Å². The van der Waals surface area contributed by atoms with E-state index in [0.717, 1.165) is 0 Å². The molecule has 0 heterocycles. The average molecular weight is 332 g/mol. The van der Waals surface area contributed by atoms with Crippen LogP contribution in [-0.2, 0) is 0 Å². The fraction of sp³-hybridized carbons (Fsp3) is 0.500. The molecule has 1 rings (SSSR count). The summed E-state index contributed by atoms with van der Waals surface area (Å²) in [5.74, 6) is -0.805. The number of aliphatic hydroxyl groups is 1. The van der Waals surface area contributed by atoms with Crippen LogP contribution in [0.15, 0.2) is 22.7 Å². The third-order valence-corrected chi connectivity index (χ3v) is 3.29. The van der Waals surface area contributed by atoms with E-state index < -0.39 is 17.3 Å². The number of halogens is 2. The van der Waals surface area contributed by atoms with Gasteiger partial charge in [-0.25, -0.2) is 4.39 Å². The van der Waals surface area contributed by atoms with Crippen molar-refractivity contribution in [2.75, 3.05) is 6.54 Å². The number of amides is 1. The Labute approximate surface area is 121 Å². The predicted molar refractivity (Wildman–Crippen MR) is 76.5 cm³/mol. The summed E-state index contributed by atoms with van der Waals surface area (Å²) in [6.07, 6.45) is 0.564. The van der Waals surface area contributed by atoms with Gasteiger partial charge in [0, 0.05) is 6.54 Å². The van der Waals surface area contributed by atoms with Gasteiger partial charge in [-0.3, -0.25) is 4.79 Å². The highest BCUT2D eigenvalue weighted by molar-refractivity contribution is 9.10. The Kier molecular flexibility index (Phi) is 5.50. The maximum Gasteiger partial charge on any atom is 0.254 e. The summed E-state index contributed by atoms with van der Waals surface area (Å²) in [7, 11) is 0. The van der Waals surface area contributed by atoms with Crippen molar-refractivity contribution >= 4 is 21.8 Å². The van der Waals surface area contributed by atoms with E-state index in [-0.39, 0.29) is 16.6 Å². The van der Waals surface area contributed by atoms with Crippen LogP contribution < -0.4 is 5.32 Å². The van der Waals surface area contributed by atoms with Crippen molar-refractivity contribution in [2.45, 2.75) is 32.8 Å². The predicted octanol–water partition coefficient (Wildman–Crippen LogP) is 3.12. The summed E-state index contributed by atoms with van der Waals surface area (Å²) in [4.78, 5) is 11.9. The molecule has 1 unspecified atom stereocenters. The smallest absolute Gasteiger partial charge is 0.254 e. The minimum Gasteiger partial charge on any atom is -0.388 e. The standard InChI is InChI=1S/C14H19BrFNO2/c1-9(2)7-14(3,19)8-17-13(18)10-5-4-6-11(15)12(10)16/h4-6,9,19H,7-8H2,1-3H3,(H,17,18). The molecule has 0 bridgehead atoms. The molecule has 0 spiro atoms. The molecular formula is C14H19BrFNO2. The summed E-state index contributed by atoms with van der Waals surface area (Å²) in [6.45, 7) is 5.73. The maximum absolute atomic E-state index is 13.7. The van der Waals surface area contributed by atoms with E-state index >= 15 is 0 Å². The van der Waals surface area contributed by atoms with Crippen molar-refractivity contribution in [1.29, 1.82) is 0 Å². The van der Waals surface area contributed by atoms with Crippen LogP contribution in [0.1, 0.15) is 37.6 Å². The number of hydrogen-bond donors (Lipinski definition) is 2. The largest absolute Gasteiger partial charge is 0.388 e. The Morgan fingerprint density at radius 1 is 1.53 bits per heavy atom. The van der Waals surface area contributed by atoms with Gasteiger partial charge in [0.2, 0.25) is 0 Å². The van der Waals surface area contributed by atoms with E-state index in [1.165, 1.54) is 12.1 Å². The van der Waals surface area contributed by atoms with Gasteiger partial charge in [-0.1, -0.05) is 19.9 Å². The normalized spacial score (nSPS) is 14.3. The Morgan fingerprint density at radius 3 is 2.74 bits per heavy atom. The van der Waals surface area contributed by atoms with Crippen molar-refractivity contribution in [3.05, 3.63) is 34.1 Å². The minimum atomic E-state index is -0.994. The molecule has 1 atom stereocenters. The number of hydrogen-bond acceptors (Lipinski definition) is 2. The lowest BCUT2D eigenvalue weighted by atomic mass is 9.94. The van der Waals surface area contributed by atoms with Crippen molar-refractivity contribution in [1.82, 2.24) is 5.32 Å². The van der Waals surface area contributed by atoms with Crippen LogP contribution in [0.4, 0.5) is 4.39 Å². The SMILES string of the molecule is CC(C)CC(C)(O)CNC(=O)c1cccc(Br)c1F. The lowest BCUT2D eigenvalue weighted by molar-refractivity contribution is 0.0367. The zero-order valence-electron chi connectivity index (χ0n) is 11.3.